The Hall–Kier alpha value is -2.83. The maximum absolute atomic E-state index is 14.2. The zero-order valence-corrected chi connectivity index (χ0v) is 12.8. The Bertz CT molecular complexity index is 940. The van der Waals surface area contributed by atoms with Crippen molar-refractivity contribution in [2.24, 2.45) is 0 Å². The van der Waals surface area contributed by atoms with Gasteiger partial charge in [0.25, 0.3) is 0 Å². The van der Waals surface area contributed by atoms with Gasteiger partial charge in [0.15, 0.2) is 11.6 Å². The first kappa shape index (κ1) is 17.0. The van der Waals surface area contributed by atoms with Gasteiger partial charge in [0.05, 0.1) is 7.11 Å². The largest absolute Gasteiger partial charge is 0.497 e. The van der Waals surface area contributed by atoms with Crippen LogP contribution in [0, 0.1) is 17.5 Å². The van der Waals surface area contributed by atoms with Gasteiger partial charge in [0.2, 0.25) is 0 Å². The van der Waals surface area contributed by atoms with E-state index in [0.29, 0.717) is 0 Å². The maximum Gasteiger partial charge on any atom is 0.429 e. The smallest absolute Gasteiger partial charge is 0.429 e. The average Bonchev–Trinajstić information content (AvgIpc) is 2.57. The molecule has 3 rings (SSSR count). The molecule has 7 heteroatoms. The molecule has 0 aliphatic carbocycles. The molecule has 25 heavy (non-hydrogen) atoms. The standard InChI is InChI=1S/C18H11F5O2/c1-24-11-4-6-14(16(20)9-11)18(22,23)25-12-3-5-13-10(8-12)2-7-15(19)17(13)21/h2-9H,1H3. The van der Waals surface area contributed by atoms with Gasteiger partial charge >= 0.3 is 6.11 Å². The minimum Gasteiger partial charge on any atom is -0.497 e. The number of hydrogen-bond donors (Lipinski definition) is 0. The molecule has 0 N–H and O–H groups in total. The topological polar surface area (TPSA) is 18.5 Å². The van der Waals surface area contributed by atoms with Gasteiger partial charge in [-0.2, -0.15) is 8.78 Å². The summed E-state index contributed by atoms with van der Waals surface area (Å²) in [4.78, 5) is 0. The van der Waals surface area contributed by atoms with Crippen LogP contribution in [0.25, 0.3) is 10.8 Å². The van der Waals surface area contributed by atoms with Gasteiger partial charge in [0.1, 0.15) is 22.9 Å². The second kappa shape index (κ2) is 6.23. The average molecular weight is 354 g/mol. The summed E-state index contributed by atoms with van der Waals surface area (Å²) in [6.07, 6.45) is -3.97. The second-order valence-electron chi connectivity index (χ2n) is 5.21. The van der Waals surface area contributed by atoms with Crippen molar-refractivity contribution in [1.82, 2.24) is 0 Å². The normalized spacial score (nSPS) is 11.6. The summed E-state index contributed by atoms with van der Waals surface area (Å²) in [5, 5.41) is 0.0914. The highest BCUT2D eigenvalue weighted by atomic mass is 19.3. The Labute approximate surface area is 139 Å². The first-order valence-corrected chi connectivity index (χ1v) is 7.10. The Morgan fingerprint density at radius 2 is 1.52 bits per heavy atom. The fraction of sp³-hybridized carbons (Fsp3) is 0.111. The quantitative estimate of drug-likeness (QED) is 0.585. The molecule has 0 atom stereocenters. The van der Waals surface area contributed by atoms with Gasteiger partial charge < -0.3 is 9.47 Å². The van der Waals surface area contributed by atoms with Crippen LogP contribution in [0.2, 0.25) is 0 Å². The van der Waals surface area contributed by atoms with Crippen LogP contribution in [0.1, 0.15) is 5.56 Å². The van der Waals surface area contributed by atoms with Gasteiger partial charge in [-0.25, -0.2) is 13.2 Å². The van der Waals surface area contributed by atoms with Crippen LogP contribution in [0.15, 0.2) is 48.5 Å². The van der Waals surface area contributed by atoms with Crippen LogP contribution in [0.4, 0.5) is 22.0 Å². The highest BCUT2D eigenvalue weighted by Crippen LogP contribution is 2.35. The Morgan fingerprint density at radius 1 is 0.800 bits per heavy atom. The van der Waals surface area contributed by atoms with Gasteiger partial charge in [-0.15, -0.1) is 0 Å². The Balaban J connectivity index is 1.95. The number of rotatable bonds is 4. The fourth-order valence-corrected chi connectivity index (χ4v) is 2.37. The van der Waals surface area contributed by atoms with Crippen LogP contribution < -0.4 is 9.47 Å². The van der Waals surface area contributed by atoms with Crippen molar-refractivity contribution < 1.29 is 31.4 Å². The number of halogens is 5. The lowest BCUT2D eigenvalue weighted by molar-refractivity contribution is -0.187. The number of methoxy groups -OCH3 is 1. The molecule has 130 valence electrons. The summed E-state index contributed by atoms with van der Waals surface area (Å²) in [6.45, 7) is 0. The molecule has 0 saturated heterocycles. The molecular formula is C18H11F5O2. The number of fused-ring (bicyclic) bond motifs is 1. The van der Waals surface area contributed by atoms with Crippen LogP contribution in [0.5, 0.6) is 11.5 Å². The summed E-state index contributed by atoms with van der Waals surface area (Å²) in [6, 6.07) is 8.23. The monoisotopic (exact) mass is 354 g/mol. The highest BCUT2D eigenvalue weighted by Gasteiger charge is 2.37. The minimum atomic E-state index is -3.97. The van der Waals surface area contributed by atoms with E-state index < -0.39 is 29.1 Å². The van der Waals surface area contributed by atoms with Crippen molar-refractivity contribution in [1.29, 1.82) is 0 Å². The van der Waals surface area contributed by atoms with Crippen LogP contribution >= 0.6 is 0 Å². The molecule has 0 aliphatic rings. The molecule has 0 aliphatic heterocycles. The summed E-state index contributed by atoms with van der Waals surface area (Å²) in [5.41, 5.74) is -0.973. The van der Waals surface area contributed by atoms with E-state index in [2.05, 4.69) is 4.74 Å². The van der Waals surface area contributed by atoms with E-state index in [-0.39, 0.29) is 22.3 Å². The van der Waals surface area contributed by atoms with E-state index in [0.717, 1.165) is 36.4 Å². The lowest BCUT2D eigenvalue weighted by atomic mass is 10.1. The van der Waals surface area contributed by atoms with Crippen LogP contribution in [-0.4, -0.2) is 7.11 Å². The third-order valence-corrected chi connectivity index (χ3v) is 3.61. The molecule has 3 aromatic rings. The van der Waals surface area contributed by atoms with Crippen molar-refractivity contribution in [3.8, 4) is 11.5 Å². The lowest BCUT2D eigenvalue weighted by Crippen LogP contribution is -2.23. The molecule has 0 amide bonds. The summed E-state index contributed by atoms with van der Waals surface area (Å²) < 4.78 is 78.5. The van der Waals surface area contributed by atoms with Gasteiger partial charge in [-0.1, -0.05) is 6.07 Å². The molecule has 0 heterocycles. The third kappa shape index (κ3) is 3.22. The van der Waals surface area contributed by atoms with Crippen molar-refractivity contribution in [2.45, 2.75) is 6.11 Å². The molecule has 0 fully saturated rings. The van der Waals surface area contributed by atoms with Crippen molar-refractivity contribution in [3.63, 3.8) is 0 Å². The second-order valence-corrected chi connectivity index (χ2v) is 5.21. The molecule has 0 unspecified atom stereocenters. The molecule has 0 saturated carbocycles. The van der Waals surface area contributed by atoms with Crippen molar-refractivity contribution in [2.75, 3.05) is 7.11 Å². The van der Waals surface area contributed by atoms with E-state index in [4.69, 9.17) is 4.74 Å². The SMILES string of the molecule is COc1ccc(C(F)(F)Oc2ccc3c(F)c(F)ccc3c2)c(F)c1. The zero-order valence-electron chi connectivity index (χ0n) is 12.8. The molecule has 3 aromatic carbocycles. The highest BCUT2D eigenvalue weighted by molar-refractivity contribution is 5.84. The molecule has 0 bridgehead atoms. The third-order valence-electron chi connectivity index (χ3n) is 3.61. The van der Waals surface area contributed by atoms with E-state index in [1.807, 2.05) is 0 Å². The van der Waals surface area contributed by atoms with Gasteiger partial charge in [-0.3, -0.25) is 0 Å². The van der Waals surface area contributed by atoms with Crippen molar-refractivity contribution in [3.05, 3.63) is 71.5 Å². The summed E-state index contributed by atoms with van der Waals surface area (Å²) in [7, 11) is 1.28. The van der Waals surface area contributed by atoms with Crippen LogP contribution in [-0.2, 0) is 6.11 Å². The molecule has 0 radical (unpaired) electrons. The van der Waals surface area contributed by atoms with E-state index >= 15 is 0 Å². The number of benzene rings is 3. The predicted octanol–water partition coefficient (Wildman–Crippen LogP) is 5.39. The lowest BCUT2D eigenvalue weighted by Gasteiger charge is -2.19. The summed E-state index contributed by atoms with van der Waals surface area (Å²) >= 11 is 0. The Morgan fingerprint density at radius 3 is 2.20 bits per heavy atom. The first-order chi connectivity index (χ1) is 11.8. The number of alkyl halides is 2. The first-order valence-electron chi connectivity index (χ1n) is 7.10. The molecule has 2 nitrogen and oxygen atoms in total. The maximum atomic E-state index is 14.2. The zero-order chi connectivity index (χ0) is 18.2. The Kier molecular flexibility index (Phi) is 4.24. The van der Waals surface area contributed by atoms with E-state index in [9.17, 15) is 22.0 Å². The van der Waals surface area contributed by atoms with E-state index in [1.54, 1.807) is 0 Å². The fourth-order valence-electron chi connectivity index (χ4n) is 2.37. The minimum absolute atomic E-state index is 0.0775. The number of hydrogen-bond acceptors (Lipinski definition) is 2. The van der Waals surface area contributed by atoms with E-state index in [1.165, 1.54) is 19.2 Å². The number of ether oxygens (including phenoxy) is 2. The van der Waals surface area contributed by atoms with Gasteiger partial charge in [0, 0.05) is 11.5 Å². The van der Waals surface area contributed by atoms with Gasteiger partial charge in [-0.05, 0) is 41.8 Å². The summed E-state index contributed by atoms with van der Waals surface area (Å²) in [5.74, 6) is -3.57. The molecule has 0 aromatic heterocycles. The molecule has 0 spiro atoms. The van der Waals surface area contributed by atoms with Crippen molar-refractivity contribution >= 4 is 10.8 Å². The van der Waals surface area contributed by atoms with Crippen LogP contribution in [0.3, 0.4) is 0 Å². The molecular weight excluding hydrogens is 343 g/mol. The predicted molar refractivity (Wildman–Crippen MR) is 81.3 cm³/mol.